The monoisotopic (exact) mass is 292 g/mol. The first-order chi connectivity index (χ1) is 10.0. The number of carbonyl (C=O) groups excluding carboxylic acids is 2. The summed E-state index contributed by atoms with van der Waals surface area (Å²) in [5.41, 5.74) is 1.81. The van der Waals surface area contributed by atoms with Crippen LogP contribution in [-0.2, 0) is 9.53 Å². The predicted molar refractivity (Wildman–Crippen MR) is 78.6 cm³/mol. The minimum Gasteiger partial charge on any atom is -0.487 e. The molecular formula is C15H20N2O4. The Kier molecular flexibility index (Phi) is 4.67. The average molecular weight is 292 g/mol. The van der Waals surface area contributed by atoms with Crippen LogP contribution >= 0.6 is 0 Å². The van der Waals surface area contributed by atoms with Gasteiger partial charge in [-0.15, -0.1) is 0 Å². The van der Waals surface area contributed by atoms with Crippen LogP contribution in [0.15, 0.2) is 18.2 Å². The molecule has 1 aromatic rings. The van der Waals surface area contributed by atoms with E-state index in [2.05, 4.69) is 10.1 Å². The van der Waals surface area contributed by atoms with Gasteiger partial charge >= 0.3 is 12.0 Å². The Bertz CT molecular complexity index is 544. The molecule has 0 radical (unpaired) electrons. The van der Waals surface area contributed by atoms with E-state index in [1.54, 1.807) is 4.90 Å². The minimum absolute atomic E-state index is 0.0773. The van der Waals surface area contributed by atoms with E-state index in [-0.39, 0.29) is 31.1 Å². The van der Waals surface area contributed by atoms with Gasteiger partial charge in [-0.05, 0) is 31.5 Å². The highest BCUT2D eigenvalue weighted by atomic mass is 16.5. The fourth-order valence-corrected chi connectivity index (χ4v) is 2.21. The number of hydrogen-bond donors (Lipinski definition) is 1. The van der Waals surface area contributed by atoms with E-state index in [9.17, 15) is 9.59 Å². The Morgan fingerprint density at radius 3 is 2.95 bits per heavy atom. The number of amides is 2. The van der Waals surface area contributed by atoms with Gasteiger partial charge in [0.2, 0.25) is 0 Å². The summed E-state index contributed by atoms with van der Waals surface area (Å²) in [6, 6.07) is 5.50. The highest BCUT2D eigenvalue weighted by molar-refractivity contribution is 5.94. The van der Waals surface area contributed by atoms with Gasteiger partial charge in [0, 0.05) is 6.54 Å². The molecule has 0 saturated carbocycles. The van der Waals surface area contributed by atoms with Crippen LogP contribution in [0.25, 0.3) is 0 Å². The zero-order valence-electron chi connectivity index (χ0n) is 12.5. The smallest absolute Gasteiger partial charge is 0.322 e. The van der Waals surface area contributed by atoms with Crippen LogP contribution in [0.1, 0.15) is 18.9 Å². The van der Waals surface area contributed by atoms with Crippen molar-refractivity contribution in [3.63, 3.8) is 0 Å². The Labute approximate surface area is 124 Å². The second-order valence-electron chi connectivity index (χ2n) is 5.07. The highest BCUT2D eigenvalue weighted by Gasteiger charge is 2.27. The quantitative estimate of drug-likeness (QED) is 0.863. The molecule has 1 aliphatic heterocycles. The van der Waals surface area contributed by atoms with Gasteiger partial charge in [-0.2, -0.15) is 0 Å². The van der Waals surface area contributed by atoms with Gasteiger partial charge in [0.15, 0.2) is 0 Å². The van der Waals surface area contributed by atoms with E-state index in [4.69, 9.17) is 4.74 Å². The largest absolute Gasteiger partial charge is 0.487 e. The molecule has 6 heteroatoms. The topological polar surface area (TPSA) is 67.9 Å². The van der Waals surface area contributed by atoms with Crippen molar-refractivity contribution in [2.45, 2.75) is 26.4 Å². The molecule has 2 rings (SSSR count). The number of aryl methyl sites for hydroxylation is 1. The number of methoxy groups -OCH3 is 1. The molecular weight excluding hydrogens is 272 g/mol. The fourth-order valence-electron chi connectivity index (χ4n) is 2.21. The number of ether oxygens (including phenoxy) is 2. The van der Waals surface area contributed by atoms with E-state index in [0.717, 1.165) is 11.3 Å². The first kappa shape index (κ1) is 15.2. The maximum Gasteiger partial charge on any atom is 0.322 e. The molecule has 0 bridgehead atoms. The average Bonchev–Trinajstić information content (AvgIpc) is 2.46. The number of hydrogen-bond acceptors (Lipinski definition) is 4. The molecule has 1 heterocycles. The number of carbonyl (C=O) groups is 2. The summed E-state index contributed by atoms with van der Waals surface area (Å²) >= 11 is 0. The molecule has 0 aromatic heterocycles. The van der Waals surface area contributed by atoms with Crippen molar-refractivity contribution < 1.29 is 19.1 Å². The van der Waals surface area contributed by atoms with Gasteiger partial charge in [0.05, 0.1) is 25.8 Å². The van der Waals surface area contributed by atoms with Crippen molar-refractivity contribution in [3.8, 4) is 5.75 Å². The number of esters is 1. The van der Waals surface area contributed by atoms with Crippen molar-refractivity contribution in [1.82, 2.24) is 5.32 Å². The molecule has 0 aliphatic carbocycles. The van der Waals surface area contributed by atoms with Crippen LogP contribution < -0.4 is 15.0 Å². The molecule has 0 spiro atoms. The third-order valence-electron chi connectivity index (χ3n) is 3.25. The normalized spacial score (nSPS) is 16.7. The maximum atomic E-state index is 12.3. The summed E-state index contributed by atoms with van der Waals surface area (Å²) in [7, 11) is 1.33. The van der Waals surface area contributed by atoms with E-state index in [0.29, 0.717) is 12.3 Å². The fraction of sp³-hybridized carbons (Fsp3) is 0.467. The summed E-state index contributed by atoms with van der Waals surface area (Å²) in [6.45, 7) is 4.60. The van der Waals surface area contributed by atoms with Crippen molar-refractivity contribution >= 4 is 17.7 Å². The van der Waals surface area contributed by atoms with Gasteiger partial charge in [-0.3, -0.25) is 9.69 Å². The Morgan fingerprint density at radius 2 is 2.24 bits per heavy atom. The van der Waals surface area contributed by atoms with Crippen LogP contribution in [0.2, 0.25) is 0 Å². The Hall–Kier alpha value is -2.24. The summed E-state index contributed by atoms with van der Waals surface area (Å²) in [6.07, 6.45) is 0.0783. The second-order valence-corrected chi connectivity index (χ2v) is 5.07. The third kappa shape index (κ3) is 3.65. The molecule has 1 atom stereocenters. The van der Waals surface area contributed by atoms with Crippen LogP contribution in [0.4, 0.5) is 10.5 Å². The molecule has 0 fully saturated rings. The number of nitrogens with one attached hydrogen (secondary N) is 1. The maximum absolute atomic E-state index is 12.3. The summed E-state index contributed by atoms with van der Waals surface area (Å²) in [5.74, 6) is 0.351. The zero-order valence-corrected chi connectivity index (χ0v) is 12.5. The highest BCUT2D eigenvalue weighted by Crippen LogP contribution is 2.34. The van der Waals surface area contributed by atoms with Gasteiger partial charge < -0.3 is 14.8 Å². The van der Waals surface area contributed by atoms with E-state index < -0.39 is 0 Å². The number of benzene rings is 1. The van der Waals surface area contributed by atoms with Gasteiger partial charge in [0.25, 0.3) is 0 Å². The molecule has 1 aliphatic rings. The first-order valence-corrected chi connectivity index (χ1v) is 6.90. The molecule has 1 aromatic carbocycles. The lowest BCUT2D eigenvalue weighted by atomic mass is 10.1. The second kappa shape index (κ2) is 6.47. The molecule has 114 valence electrons. The molecule has 1 unspecified atom stereocenters. The SMILES string of the molecule is COC(=O)CCNC(=O)N1CC(C)Oc2ccc(C)cc21. The lowest BCUT2D eigenvalue weighted by molar-refractivity contribution is -0.140. The van der Waals surface area contributed by atoms with Gasteiger partial charge in [-0.1, -0.05) is 6.07 Å². The van der Waals surface area contributed by atoms with Gasteiger partial charge in [-0.25, -0.2) is 4.79 Å². The number of urea groups is 1. The number of nitrogens with zero attached hydrogens (tertiary/aromatic N) is 1. The molecule has 21 heavy (non-hydrogen) atoms. The lowest BCUT2D eigenvalue weighted by Crippen LogP contribution is -2.47. The minimum atomic E-state index is -0.345. The number of rotatable bonds is 3. The molecule has 1 N–H and O–H groups in total. The lowest BCUT2D eigenvalue weighted by Gasteiger charge is -2.33. The van der Waals surface area contributed by atoms with Crippen LogP contribution in [0.3, 0.4) is 0 Å². The standard InChI is InChI=1S/C15H20N2O4/c1-10-4-5-13-12(8-10)17(9-11(2)21-13)15(19)16-7-6-14(18)20-3/h4-5,8,11H,6-7,9H2,1-3H3,(H,16,19). The Morgan fingerprint density at radius 1 is 1.48 bits per heavy atom. The van der Waals surface area contributed by atoms with Gasteiger partial charge in [0.1, 0.15) is 11.9 Å². The summed E-state index contributed by atoms with van der Waals surface area (Å²) in [4.78, 5) is 25.0. The summed E-state index contributed by atoms with van der Waals surface area (Å²) in [5, 5.41) is 2.73. The zero-order chi connectivity index (χ0) is 15.4. The van der Waals surface area contributed by atoms with Crippen LogP contribution in [0, 0.1) is 6.92 Å². The van der Waals surface area contributed by atoms with E-state index in [1.165, 1.54) is 7.11 Å². The van der Waals surface area contributed by atoms with Crippen molar-refractivity contribution in [2.75, 3.05) is 25.1 Å². The predicted octanol–water partition coefficient (Wildman–Crippen LogP) is 1.86. The number of anilines is 1. The van der Waals surface area contributed by atoms with Crippen molar-refractivity contribution in [3.05, 3.63) is 23.8 Å². The molecule has 6 nitrogen and oxygen atoms in total. The van der Waals surface area contributed by atoms with E-state index >= 15 is 0 Å². The third-order valence-corrected chi connectivity index (χ3v) is 3.25. The van der Waals surface area contributed by atoms with Crippen LogP contribution in [0.5, 0.6) is 5.75 Å². The Balaban J connectivity index is 2.07. The van der Waals surface area contributed by atoms with Crippen molar-refractivity contribution in [1.29, 1.82) is 0 Å². The summed E-state index contributed by atoms with van der Waals surface area (Å²) < 4.78 is 10.3. The van der Waals surface area contributed by atoms with E-state index in [1.807, 2.05) is 32.0 Å². The molecule has 2 amide bonds. The molecule has 0 saturated heterocycles. The van der Waals surface area contributed by atoms with Crippen molar-refractivity contribution in [2.24, 2.45) is 0 Å². The van der Waals surface area contributed by atoms with Crippen LogP contribution in [-0.4, -0.2) is 38.3 Å². The number of fused-ring (bicyclic) bond motifs is 1. The first-order valence-electron chi connectivity index (χ1n) is 6.90.